The first-order chi connectivity index (χ1) is 15.6. The molecule has 2 aliphatic carbocycles. The summed E-state index contributed by atoms with van der Waals surface area (Å²) in [6.45, 7) is 2.16. The van der Waals surface area contributed by atoms with Gasteiger partial charge in [-0.1, -0.05) is 68.7 Å². The summed E-state index contributed by atoms with van der Waals surface area (Å²) in [5.41, 5.74) is 2.83. The van der Waals surface area contributed by atoms with Gasteiger partial charge >= 0.3 is 5.97 Å². The Hall–Kier alpha value is -2.43. The lowest BCUT2D eigenvalue weighted by Gasteiger charge is -2.31. The highest BCUT2D eigenvalue weighted by Gasteiger charge is 2.44. The molecule has 0 radical (unpaired) electrons. The second-order valence-corrected chi connectivity index (χ2v) is 9.31. The van der Waals surface area contributed by atoms with Crippen LogP contribution in [0.5, 0.6) is 5.75 Å². The number of aliphatic hydroxyl groups is 2. The fourth-order valence-corrected chi connectivity index (χ4v) is 5.39. The van der Waals surface area contributed by atoms with Gasteiger partial charge in [0.2, 0.25) is 0 Å². The van der Waals surface area contributed by atoms with Crippen LogP contribution in [0.2, 0.25) is 0 Å². The Balaban J connectivity index is 1.46. The van der Waals surface area contributed by atoms with Crippen LogP contribution in [0.3, 0.4) is 0 Å². The largest absolute Gasteiger partial charge is 0.423 e. The number of unbranched alkanes of at least 4 members (excludes halogenated alkanes) is 2. The summed E-state index contributed by atoms with van der Waals surface area (Å²) in [7, 11) is 0. The molecule has 0 aliphatic heterocycles. The van der Waals surface area contributed by atoms with E-state index in [2.05, 4.69) is 19.1 Å². The molecule has 4 heteroatoms. The van der Waals surface area contributed by atoms with E-state index >= 15 is 0 Å². The van der Waals surface area contributed by atoms with Gasteiger partial charge in [-0.3, -0.25) is 0 Å². The number of carbonyl (C=O) groups excluding carboxylic acids is 1. The van der Waals surface area contributed by atoms with Crippen molar-refractivity contribution >= 4 is 5.97 Å². The van der Waals surface area contributed by atoms with Crippen LogP contribution in [0.4, 0.5) is 0 Å². The maximum atomic E-state index is 12.6. The normalized spacial score (nSPS) is 25.3. The van der Waals surface area contributed by atoms with Gasteiger partial charge in [0.05, 0.1) is 17.8 Å². The summed E-state index contributed by atoms with van der Waals surface area (Å²) in [4.78, 5) is 12.6. The summed E-state index contributed by atoms with van der Waals surface area (Å²) >= 11 is 0. The average Bonchev–Trinajstić information content (AvgIpc) is 3.11. The maximum Gasteiger partial charge on any atom is 0.343 e. The summed E-state index contributed by atoms with van der Waals surface area (Å²) in [5.74, 6) is 1.04. The highest BCUT2D eigenvalue weighted by Crippen LogP contribution is 2.47. The van der Waals surface area contributed by atoms with E-state index in [4.69, 9.17) is 4.74 Å². The minimum Gasteiger partial charge on any atom is -0.423 e. The molecular weight excluding hydrogens is 400 g/mol. The van der Waals surface area contributed by atoms with Crippen LogP contribution in [0.25, 0.3) is 0 Å². The van der Waals surface area contributed by atoms with Crippen LogP contribution in [0.1, 0.15) is 60.5 Å². The predicted octanol–water partition coefficient (Wildman–Crippen LogP) is 5.12. The van der Waals surface area contributed by atoms with Crippen LogP contribution in [0.15, 0.2) is 60.7 Å². The van der Waals surface area contributed by atoms with Gasteiger partial charge in [0, 0.05) is 5.92 Å². The number of hydrogen-bond donors (Lipinski definition) is 2. The lowest BCUT2D eigenvalue weighted by atomic mass is 9.74. The van der Waals surface area contributed by atoms with E-state index in [1.807, 2.05) is 36.4 Å². The Morgan fingerprint density at radius 3 is 2.72 bits per heavy atom. The number of aliphatic hydroxyl groups excluding tert-OH is 2. The van der Waals surface area contributed by atoms with Crippen molar-refractivity contribution in [1.82, 2.24) is 0 Å². The van der Waals surface area contributed by atoms with Crippen molar-refractivity contribution in [3.63, 3.8) is 0 Å². The van der Waals surface area contributed by atoms with Crippen LogP contribution in [-0.4, -0.2) is 28.4 Å². The summed E-state index contributed by atoms with van der Waals surface area (Å²) in [5, 5.41) is 21.0. The predicted molar refractivity (Wildman–Crippen MR) is 126 cm³/mol. The van der Waals surface area contributed by atoms with Crippen molar-refractivity contribution in [2.45, 2.75) is 64.1 Å². The number of rotatable bonds is 8. The molecule has 0 unspecified atom stereocenters. The standard InChI is InChI=1S/C28H34O4/c1-2-3-5-12-22(29)14-15-23-24-16-20-11-8-13-27(25(20)17-21(24)18-26(23)30)32-28(31)19-9-6-4-7-10-19/h4,6-11,13-15,21-24,26,29-30H,2-3,5,12,16-18H2,1H3/t21-,22-,23+,24-,26+/m0/s1. The Labute approximate surface area is 190 Å². The third kappa shape index (κ3) is 5.13. The highest BCUT2D eigenvalue weighted by atomic mass is 16.5. The molecule has 1 saturated carbocycles. The molecule has 0 aromatic heterocycles. The highest BCUT2D eigenvalue weighted by molar-refractivity contribution is 5.91. The SMILES string of the molecule is CCCCC[C@H](O)C=C[C@@H]1[C@H]2Cc3cccc(OC(=O)c4ccccc4)c3C[C@H]2C[C@H]1O. The second-order valence-electron chi connectivity index (χ2n) is 9.31. The lowest BCUT2D eigenvalue weighted by Crippen LogP contribution is -2.26. The van der Waals surface area contributed by atoms with Crippen LogP contribution in [0, 0.1) is 17.8 Å². The van der Waals surface area contributed by atoms with Gasteiger partial charge in [0.25, 0.3) is 0 Å². The molecule has 0 saturated heterocycles. The van der Waals surface area contributed by atoms with Crippen molar-refractivity contribution < 1.29 is 19.7 Å². The van der Waals surface area contributed by atoms with Gasteiger partial charge in [-0.15, -0.1) is 0 Å². The van der Waals surface area contributed by atoms with Gasteiger partial charge in [-0.2, -0.15) is 0 Å². The van der Waals surface area contributed by atoms with E-state index in [0.29, 0.717) is 23.1 Å². The monoisotopic (exact) mass is 434 g/mol. The molecule has 5 atom stereocenters. The van der Waals surface area contributed by atoms with Gasteiger partial charge in [-0.05, 0) is 66.8 Å². The molecule has 2 N–H and O–H groups in total. The minimum absolute atomic E-state index is 0.0597. The van der Waals surface area contributed by atoms with E-state index in [1.54, 1.807) is 12.1 Å². The molecule has 0 heterocycles. The van der Waals surface area contributed by atoms with Gasteiger partial charge in [0.15, 0.2) is 0 Å². The second kappa shape index (κ2) is 10.5. The van der Waals surface area contributed by atoms with Crippen molar-refractivity contribution in [3.05, 3.63) is 77.4 Å². The minimum atomic E-state index is -0.437. The maximum absolute atomic E-state index is 12.6. The van der Waals surface area contributed by atoms with Crippen molar-refractivity contribution in [2.24, 2.45) is 17.8 Å². The number of hydrogen-bond acceptors (Lipinski definition) is 4. The van der Waals surface area contributed by atoms with Crippen molar-refractivity contribution in [2.75, 3.05) is 0 Å². The molecule has 2 aromatic rings. The Kier molecular flexibility index (Phi) is 7.44. The molecule has 2 aromatic carbocycles. The molecule has 0 spiro atoms. The smallest absolute Gasteiger partial charge is 0.343 e. The first kappa shape index (κ1) is 22.8. The third-order valence-electron chi connectivity index (χ3n) is 7.11. The first-order valence-corrected chi connectivity index (χ1v) is 12.0. The lowest BCUT2D eigenvalue weighted by molar-refractivity contribution is 0.0731. The Bertz CT molecular complexity index is 936. The zero-order valence-electron chi connectivity index (χ0n) is 18.8. The van der Waals surface area contributed by atoms with Crippen molar-refractivity contribution in [1.29, 1.82) is 0 Å². The molecular formula is C28H34O4. The number of ether oxygens (including phenoxy) is 1. The first-order valence-electron chi connectivity index (χ1n) is 12.0. The van der Waals surface area contributed by atoms with Crippen LogP contribution >= 0.6 is 0 Å². The molecule has 170 valence electrons. The Morgan fingerprint density at radius 1 is 1.12 bits per heavy atom. The quantitative estimate of drug-likeness (QED) is 0.262. The number of esters is 1. The molecule has 0 amide bonds. The van der Waals surface area contributed by atoms with Gasteiger partial charge < -0.3 is 14.9 Å². The van der Waals surface area contributed by atoms with Crippen LogP contribution < -0.4 is 4.74 Å². The summed E-state index contributed by atoms with van der Waals surface area (Å²) in [6, 6.07) is 15.0. The van der Waals surface area contributed by atoms with E-state index in [-0.39, 0.29) is 11.9 Å². The average molecular weight is 435 g/mol. The van der Waals surface area contributed by atoms with Gasteiger partial charge in [0.1, 0.15) is 5.75 Å². The summed E-state index contributed by atoms with van der Waals surface area (Å²) in [6.07, 6.45) is 9.59. The molecule has 2 aliphatic rings. The summed E-state index contributed by atoms with van der Waals surface area (Å²) < 4.78 is 5.78. The Morgan fingerprint density at radius 2 is 1.94 bits per heavy atom. The van der Waals surface area contributed by atoms with E-state index in [0.717, 1.165) is 50.5 Å². The zero-order valence-corrected chi connectivity index (χ0v) is 18.8. The van der Waals surface area contributed by atoms with E-state index in [9.17, 15) is 15.0 Å². The molecule has 0 bridgehead atoms. The van der Waals surface area contributed by atoms with E-state index < -0.39 is 12.2 Å². The van der Waals surface area contributed by atoms with Crippen LogP contribution in [-0.2, 0) is 12.8 Å². The van der Waals surface area contributed by atoms with Gasteiger partial charge in [-0.25, -0.2) is 4.79 Å². The van der Waals surface area contributed by atoms with Crippen molar-refractivity contribution in [3.8, 4) is 5.75 Å². The molecule has 4 nitrogen and oxygen atoms in total. The fourth-order valence-electron chi connectivity index (χ4n) is 5.39. The topological polar surface area (TPSA) is 66.8 Å². The number of fused-ring (bicyclic) bond motifs is 2. The number of carbonyl (C=O) groups is 1. The zero-order chi connectivity index (χ0) is 22.5. The molecule has 32 heavy (non-hydrogen) atoms. The molecule has 4 rings (SSSR count). The molecule has 1 fully saturated rings. The number of benzene rings is 2. The van der Waals surface area contributed by atoms with E-state index in [1.165, 1.54) is 5.56 Å². The fraction of sp³-hybridized carbons (Fsp3) is 0.464. The third-order valence-corrected chi connectivity index (χ3v) is 7.11.